The van der Waals surface area contributed by atoms with Crippen molar-refractivity contribution in [3.05, 3.63) is 11.6 Å². The zero-order valence-corrected chi connectivity index (χ0v) is 19.5. The summed E-state index contributed by atoms with van der Waals surface area (Å²) in [7, 11) is 1.91. The summed E-state index contributed by atoms with van der Waals surface area (Å²) in [6.07, 6.45) is 2.81. The van der Waals surface area contributed by atoms with Crippen LogP contribution in [0, 0.1) is 0 Å². The Hall–Kier alpha value is -0.550. The molecule has 1 N–H and O–H groups in total. The largest absolute Gasteiger partial charge is 0.357 e. The summed E-state index contributed by atoms with van der Waals surface area (Å²) in [6, 6.07) is 0. The molecule has 0 bridgehead atoms. The highest BCUT2D eigenvalue weighted by Gasteiger charge is 2.14. The molecule has 25 heavy (non-hydrogen) atoms. The van der Waals surface area contributed by atoms with Crippen molar-refractivity contribution in [1.82, 2.24) is 20.1 Å². The number of halogens is 1. The number of hydrogen-bond acceptors (Lipinski definition) is 5. The number of aromatic nitrogens is 1. The van der Waals surface area contributed by atoms with Gasteiger partial charge in [0, 0.05) is 50.6 Å². The first-order valence-electron chi connectivity index (χ1n) is 8.41. The van der Waals surface area contributed by atoms with Gasteiger partial charge in [0.25, 0.3) is 0 Å². The van der Waals surface area contributed by atoms with Crippen molar-refractivity contribution in [1.29, 1.82) is 0 Å². The molecule has 0 spiro atoms. The second kappa shape index (κ2) is 14.6. The average molecular weight is 499 g/mol. The SMILES string of the molecule is CCNC(=NCCCSc1nccs1)N(C)CC(=O)N(CC)CC.I. The maximum Gasteiger partial charge on any atom is 0.242 e. The van der Waals surface area contributed by atoms with E-state index < -0.39 is 0 Å². The van der Waals surface area contributed by atoms with E-state index in [0.29, 0.717) is 6.54 Å². The van der Waals surface area contributed by atoms with E-state index >= 15 is 0 Å². The van der Waals surface area contributed by atoms with Gasteiger partial charge in [-0.1, -0.05) is 11.8 Å². The van der Waals surface area contributed by atoms with Crippen LogP contribution in [-0.2, 0) is 4.79 Å². The van der Waals surface area contributed by atoms with Crippen molar-refractivity contribution in [3.8, 4) is 0 Å². The number of nitrogens with zero attached hydrogens (tertiary/aromatic N) is 4. The molecule has 0 aliphatic rings. The Labute approximate surface area is 176 Å². The predicted molar refractivity (Wildman–Crippen MR) is 119 cm³/mol. The van der Waals surface area contributed by atoms with E-state index in [9.17, 15) is 4.79 Å². The quantitative estimate of drug-likeness (QED) is 0.176. The summed E-state index contributed by atoms with van der Waals surface area (Å²) in [6.45, 7) is 9.40. The number of carbonyl (C=O) groups is 1. The van der Waals surface area contributed by atoms with E-state index in [1.807, 2.05) is 49.2 Å². The van der Waals surface area contributed by atoms with Crippen molar-refractivity contribution in [2.45, 2.75) is 31.5 Å². The first-order valence-corrected chi connectivity index (χ1v) is 10.3. The molecule has 0 fully saturated rings. The van der Waals surface area contributed by atoms with Gasteiger partial charge in [-0.3, -0.25) is 9.79 Å². The van der Waals surface area contributed by atoms with Gasteiger partial charge in [0.05, 0.1) is 6.54 Å². The summed E-state index contributed by atoms with van der Waals surface area (Å²) in [5.41, 5.74) is 0. The van der Waals surface area contributed by atoms with Crippen LogP contribution in [0.5, 0.6) is 0 Å². The van der Waals surface area contributed by atoms with E-state index in [2.05, 4.69) is 15.3 Å². The van der Waals surface area contributed by atoms with Gasteiger partial charge in [-0.2, -0.15) is 0 Å². The molecule has 1 heterocycles. The lowest BCUT2D eigenvalue weighted by Gasteiger charge is -2.25. The van der Waals surface area contributed by atoms with Gasteiger partial charge in [0.2, 0.25) is 5.91 Å². The summed E-state index contributed by atoms with van der Waals surface area (Å²) in [5.74, 6) is 1.92. The van der Waals surface area contributed by atoms with Crippen LogP contribution in [-0.4, -0.2) is 72.2 Å². The highest BCUT2D eigenvalue weighted by atomic mass is 127. The number of carbonyl (C=O) groups excluding carboxylic acids is 1. The van der Waals surface area contributed by atoms with Crippen molar-refractivity contribution in [3.63, 3.8) is 0 Å². The highest BCUT2D eigenvalue weighted by Crippen LogP contribution is 2.20. The average Bonchev–Trinajstić information content (AvgIpc) is 3.08. The normalized spacial score (nSPS) is 11.0. The Kier molecular flexibility index (Phi) is 14.3. The molecule has 0 unspecified atom stereocenters. The summed E-state index contributed by atoms with van der Waals surface area (Å²) in [4.78, 5) is 24.8. The zero-order chi connectivity index (χ0) is 17.8. The van der Waals surface area contributed by atoms with Gasteiger partial charge >= 0.3 is 0 Å². The Morgan fingerprint density at radius 1 is 1.36 bits per heavy atom. The standard InChI is InChI=1S/C16H29N5OS2.HI/c1-5-17-15(20(4)13-14(22)21(6-2)7-3)18-9-8-11-23-16-19-10-12-24-16;/h10,12H,5-9,11,13H2,1-4H3,(H,17,18);1H. The molecule has 6 nitrogen and oxygen atoms in total. The van der Waals surface area contributed by atoms with Crippen LogP contribution in [0.3, 0.4) is 0 Å². The van der Waals surface area contributed by atoms with E-state index in [1.165, 1.54) is 0 Å². The first-order chi connectivity index (χ1) is 11.6. The maximum atomic E-state index is 12.2. The lowest BCUT2D eigenvalue weighted by molar-refractivity contribution is -0.131. The number of likely N-dealkylation sites (N-methyl/N-ethyl adjacent to an activating group) is 2. The maximum absolute atomic E-state index is 12.2. The molecule has 0 atom stereocenters. The number of rotatable bonds is 10. The number of aliphatic imine (C=N–C) groups is 1. The van der Waals surface area contributed by atoms with E-state index in [-0.39, 0.29) is 29.9 Å². The molecule has 9 heteroatoms. The van der Waals surface area contributed by atoms with Crippen LogP contribution in [0.15, 0.2) is 20.9 Å². The molecule has 1 amide bonds. The molecule has 0 aromatic carbocycles. The van der Waals surface area contributed by atoms with Crippen molar-refractivity contribution >= 4 is 58.9 Å². The van der Waals surface area contributed by atoms with Crippen molar-refractivity contribution in [2.75, 3.05) is 45.5 Å². The molecule has 1 aromatic rings. The smallest absolute Gasteiger partial charge is 0.242 e. The van der Waals surface area contributed by atoms with Crippen LogP contribution in [0.4, 0.5) is 0 Å². The molecule has 1 aromatic heterocycles. The molecular formula is C16H30IN5OS2. The topological polar surface area (TPSA) is 60.8 Å². The van der Waals surface area contributed by atoms with Crippen LogP contribution in [0.2, 0.25) is 0 Å². The number of thiazole rings is 1. The number of amides is 1. The summed E-state index contributed by atoms with van der Waals surface area (Å²) in [5, 5.41) is 5.25. The Morgan fingerprint density at radius 3 is 2.64 bits per heavy atom. The molecule has 0 aliphatic heterocycles. The third kappa shape index (κ3) is 9.64. The fourth-order valence-electron chi connectivity index (χ4n) is 2.11. The van der Waals surface area contributed by atoms with Gasteiger partial charge in [0.1, 0.15) is 4.34 Å². The number of thioether (sulfide) groups is 1. The molecule has 0 radical (unpaired) electrons. The van der Waals surface area contributed by atoms with Gasteiger partial charge in [0.15, 0.2) is 5.96 Å². The predicted octanol–water partition coefficient (Wildman–Crippen LogP) is 3.01. The van der Waals surface area contributed by atoms with Crippen molar-refractivity contribution in [2.24, 2.45) is 4.99 Å². The van der Waals surface area contributed by atoms with E-state index in [4.69, 9.17) is 0 Å². The van der Waals surface area contributed by atoms with Crippen LogP contribution >= 0.6 is 47.1 Å². The fourth-order valence-corrected chi connectivity index (χ4v) is 3.75. The summed E-state index contributed by atoms with van der Waals surface area (Å²) < 4.78 is 1.10. The van der Waals surface area contributed by atoms with Crippen LogP contribution in [0.25, 0.3) is 0 Å². The molecule has 0 aliphatic carbocycles. The lowest BCUT2D eigenvalue weighted by Crippen LogP contribution is -2.45. The van der Waals surface area contributed by atoms with E-state index in [1.54, 1.807) is 23.1 Å². The molecule has 0 saturated carbocycles. The second-order valence-electron chi connectivity index (χ2n) is 5.16. The second-order valence-corrected chi connectivity index (χ2v) is 7.39. The molecule has 144 valence electrons. The number of guanidine groups is 1. The number of nitrogens with one attached hydrogen (secondary N) is 1. The monoisotopic (exact) mass is 499 g/mol. The summed E-state index contributed by atoms with van der Waals surface area (Å²) >= 11 is 3.43. The third-order valence-electron chi connectivity index (χ3n) is 3.38. The van der Waals surface area contributed by atoms with Gasteiger partial charge in [-0.05, 0) is 27.2 Å². The van der Waals surface area contributed by atoms with E-state index in [0.717, 1.165) is 48.7 Å². The Bertz CT molecular complexity index is 495. The van der Waals surface area contributed by atoms with Gasteiger partial charge in [-0.15, -0.1) is 35.3 Å². The number of hydrogen-bond donors (Lipinski definition) is 1. The fraction of sp³-hybridized carbons (Fsp3) is 0.688. The highest BCUT2D eigenvalue weighted by molar-refractivity contribution is 14.0. The Morgan fingerprint density at radius 2 is 2.08 bits per heavy atom. The lowest BCUT2D eigenvalue weighted by atomic mass is 10.4. The van der Waals surface area contributed by atoms with Gasteiger partial charge in [-0.25, -0.2) is 4.98 Å². The van der Waals surface area contributed by atoms with Crippen LogP contribution in [0.1, 0.15) is 27.2 Å². The van der Waals surface area contributed by atoms with Crippen LogP contribution < -0.4 is 5.32 Å². The minimum absolute atomic E-state index is 0. The molecule has 1 rings (SSSR count). The first kappa shape index (κ1) is 24.5. The minimum atomic E-state index is 0. The van der Waals surface area contributed by atoms with Gasteiger partial charge < -0.3 is 15.1 Å². The third-order valence-corrected chi connectivity index (χ3v) is 5.44. The van der Waals surface area contributed by atoms with Crippen molar-refractivity contribution < 1.29 is 4.79 Å². The Balaban J connectivity index is 0.00000576. The zero-order valence-electron chi connectivity index (χ0n) is 15.5. The minimum Gasteiger partial charge on any atom is -0.357 e. The molecular weight excluding hydrogens is 469 g/mol. The molecule has 0 saturated heterocycles.